The maximum atomic E-state index is 13.2. The molecule has 5 rings (SSSR count). The van der Waals surface area contributed by atoms with Crippen LogP contribution in [0.3, 0.4) is 0 Å². The summed E-state index contributed by atoms with van der Waals surface area (Å²) in [4.78, 5) is 52.4. The molecule has 234 valence electrons. The van der Waals surface area contributed by atoms with Crippen LogP contribution in [0.25, 0.3) is 0 Å². The molecule has 5 heterocycles. The van der Waals surface area contributed by atoms with Crippen LogP contribution in [0.1, 0.15) is 5.82 Å². The van der Waals surface area contributed by atoms with Gasteiger partial charge in [-0.15, -0.1) is 48.3 Å². The highest BCUT2D eigenvalue weighted by Crippen LogP contribution is 2.41. The number of oxime groups is 1. The first kappa shape index (κ1) is 34.3. The van der Waals surface area contributed by atoms with Crippen molar-refractivity contribution in [1.29, 1.82) is 0 Å². The molecule has 20 heteroatoms. The van der Waals surface area contributed by atoms with Crippen molar-refractivity contribution in [3.05, 3.63) is 52.5 Å². The van der Waals surface area contributed by atoms with Crippen LogP contribution in [-0.2, 0) is 19.2 Å². The van der Waals surface area contributed by atoms with Crippen LogP contribution in [0.5, 0.6) is 0 Å². The molecule has 0 unspecified atom stereocenters. The molecule has 0 saturated carbocycles. The minimum absolute atomic E-state index is 0. The van der Waals surface area contributed by atoms with Crippen LogP contribution in [0, 0.1) is 0 Å². The summed E-state index contributed by atoms with van der Waals surface area (Å²) in [5, 5.41) is 18.8. The lowest BCUT2D eigenvalue weighted by molar-refractivity contribution is -0.150. The predicted octanol–water partition coefficient (Wildman–Crippen LogP) is 0.638. The lowest BCUT2D eigenvalue weighted by Crippen LogP contribution is -2.71. The molecule has 1 aromatic rings. The fraction of sp³-hybridized carbons (Fsp3) is 0.391. The summed E-state index contributed by atoms with van der Waals surface area (Å²) in [7, 11) is 5.32. The zero-order valence-electron chi connectivity index (χ0n) is 23.1. The second-order valence-corrected chi connectivity index (χ2v) is 12.3. The van der Waals surface area contributed by atoms with E-state index in [2.05, 4.69) is 30.2 Å². The number of β-lactam (4-membered cyclic amide) rings is 1. The second-order valence-electron chi connectivity index (χ2n) is 9.31. The van der Waals surface area contributed by atoms with Gasteiger partial charge in [-0.25, -0.2) is 9.80 Å². The van der Waals surface area contributed by atoms with Crippen molar-refractivity contribution in [1.82, 2.24) is 39.8 Å². The number of nitrogens with one attached hydrogen (secondary N) is 2. The van der Waals surface area contributed by atoms with Gasteiger partial charge >= 0.3 is 5.97 Å². The first-order chi connectivity index (χ1) is 19.7. The number of halogens is 2. The van der Waals surface area contributed by atoms with Gasteiger partial charge in [0, 0.05) is 48.5 Å². The summed E-state index contributed by atoms with van der Waals surface area (Å²) in [6, 6.07) is -0.956. The van der Waals surface area contributed by atoms with Crippen LogP contribution < -0.4 is 16.5 Å². The summed E-state index contributed by atoms with van der Waals surface area (Å²) >= 11 is 3.97. The normalized spacial score (nSPS) is 20.7. The lowest BCUT2D eigenvalue weighted by Gasteiger charge is -2.49. The molecule has 5 N–H and O–H groups in total. The molecule has 43 heavy (non-hydrogen) atoms. The van der Waals surface area contributed by atoms with Crippen molar-refractivity contribution in [2.75, 3.05) is 51.5 Å². The van der Waals surface area contributed by atoms with E-state index in [4.69, 9.17) is 10.6 Å². The first-order valence-electron chi connectivity index (χ1n) is 12.3. The van der Waals surface area contributed by atoms with E-state index in [0.29, 0.717) is 11.3 Å². The Bertz CT molecular complexity index is 1420. The van der Waals surface area contributed by atoms with Crippen LogP contribution in [0.2, 0.25) is 0 Å². The number of amides is 2. The van der Waals surface area contributed by atoms with Crippen molar-refractivity contribution in [2.45, 2.75) is 11.4 Å². The van der Waals surface area contributed by atoms with Crippen molar-refractivity contribution in [3.63, 3.8) is 0 Å². The number of hydrogen-bond donors (Lipinski definition) is 4. The third kappa shape index (κ3) is 7.15. The van der Waals surface area contributed by atoms with E-state index in [1.807, 2.05) is 48.6 Å². The van der Waals surface area contributed by atoms with Crippen LogP contribution in [-0.4, -0.2) is 115 Å². The Morgan fingerprint density at radius 3 is 2.74 bits per heavy atom. The molecule has 1 fully saturated rings. The first-order valence-corrected chi connectivity index (χ1v) is 15.1. The number of nitrogens with zero attached hydrogens (tertiary/aromatic N) is 7. The highest BCUT2D eigenvalue weighted by Gasteiger charge is 2.54. The molecular formula is C23H30Cl2N10O5S3. The third-order valence-corrected chi connectivity index (χ3v) is 9.10. The minimum Gasteiger partial charge on any atom is -0.477 e. The number of hydrogen-bond acceptors (Lipinski definition) is 15. The average Bonchev–Trinajstić information content (AvgIpc) is 3.55. The molecule has 0 radical (unpaired) electrons. The largest absolute Gasteiger partial charge is 0.477 e. The van der Waals surface area contributed by atoms with E-state index in [1.165, 1.54) is 23.8 Å². The van der Waals surface area contributed by atoms with Gasteiger partial charge in [-0.05, 0) is 31.8 Å². The van der Waals surface area contributed by atoms with E-state index in [0.717, 1.165) is 34.7 Å². The number of aliphatic carboxylic acids is 1. The van der Waals surface area contributed by atoms with Gasteiger partial charge in [-0.3, -0.25) is 19.9 Å². The maximum Gasteiger partial charge on any atom is 0.352 e. The van der Waals surface area contributed by atoms with Crippen molar-refractivity contribution in [3.8, 4) is 0 Å². The number of aromatic nitrogens is 2. The van der Waals surface area contributed by atoms with E-state index in [1.54, 1.807) is 11.8 Å². The summed E-state index contributed by atoms with van der Waals surface area (Å²) < 4.78 is 3.97. The Hall–Kier alpha value is -3.16. The van der Waals surface area contributed by atoms with Crippen LogP contribution >= 0.6 is 59.9 Å². The van der Waals surface area contributed by atoms with Gasteiger partial charge in [0.25, 0.3) is 11.8 Å². The Labute approximate surface area is 272 Å². The Morgan fingerprint density at radius 2 is 2.09 bits per heavy atom. The van der Waals surface area contributed by atoms with Crippen LogP contribution in [0.4, 0.5) is 5.13 Å². The van der Waals surface area contributed by atoms with Gasteiger partial charge < -0.3 is 30.8 Å². The Balaban J connectivity index is 0.00000253. The zero-order chi connectivity index (χ0) is 29.3. The number of anilines is 1. The molecule has 0 spiro atoms. The van der Waals surface area contributed by atoms with Crippen LogP contribution in [0.15, 0.2) is 51.8 Å². The summed E-state index contributed by atoms with van der Waals surface area (Å²) in [6.07, 6.45) is 7.70. The number of carbonyl (C=O) groups is 3. The van der Waals surface area contributed by atoms with Crippen molar-refractivity contribution in [2.24, 2.45) is 5.16 Å². The number of thioether (sulfide) groups is 2. The SMILES string of the molecule is CO/N=C(\C(=O)N[C@@H]1C(=O)N2C(C(=O)O)=C(CN3C=CN4NC(SCCN(C)C)=CC=C34)CS[C@@H]12)c1nsc(N)n1.Cl.Cl. The Kier molecular flexibility index (Phi) is 11.6. The summed E-state index contributed by atoms with van der Waals surface area (Å²) in [5.41, 5.74) is 9.23. The number of carboxylic acid groups (broad SMARTS) is 1. The Morgan fingerprint density at radius 1 is 1.33 bits per heavy atom. The molecule has 1 aromatic heterocycles. The van der Waals surface area contributed by atoms with Gasteiger partial charge in [-0.1, -0.05) is 5.16 Å². The molecule has 15 nitrogen and oxygen atoms in total. The molecule has 2 atom stereocenters. The highest BCUT2D eigenvalue weighted by molar-refractivity contribution is 8.03. The molecule has 1 saturated heterocycles. The van der Waals surface area contributed by atoms with E-state index < -0.39 is 29.2 Å². The monoisotopic (exact) mass is 692 g/mol. The van der Waals surface area contributed by atoms with E-state index in [9.17, 15) is 19.5 Å². The standard InChI is InChI=1S/C23H28N10O5S3.2ClH/c1-30(2)8-9-39-13-4-5-14-31(6-7-32(14)27-13)10-12-11-40-21-16(20(35)33(21)17(12)22(36)37)25-19(34)15(28-38-3)18-26-23(24)41-29-18;;/h4-7,16,21,27H,8-11H2,1-3H3,(H,25,34)(H,36,37)(H2,24,26,29);2*1H/b28-15-;;/t16-,21+;;/m1../s1. The number of nitrogen functional groups attached to an aromatic ring is 1. The maximum absolute atomic E-state index is 13.2. The molecule has 0 aromatic carbocycles. The van der Waals surface area contributed by atoms with E-state index in [-0.39, 0.29) is 53.7 Å². The number of fused-ring (bicyclic) bond motifs is 2. The molecule has 2 amide bonds. The van der Waals surface area contributed by atoms with Gasteiger partial charge in [0.2, 0.25) is 11.5 Å². The van der Waals surface area contributed by atoms with Gasteiger partial charge in [-0.2, -0.15) is 9.36 Å². The number of carboxylic acids is 1. The summed E-state index contributed by atoms with van der Waals surface area (Å²) in [5.74, 6) is -0.374. The van der Waals surface area contributed by atoms with E-state index >= 15 is 0 Å². The zero-order valence-corrected chi connectivity index (χ0v) is 27.2. The lowest BCUT2D eigenvalue weighted by atomic mass is 10.0. The van der Waals surface area contributed by atoms with Gasteiger partial charge in [0.05, 0.1) is 5.03 Å². The number of nitrogens with two attached hydrogens (primary N) is 1. The average molecular weight is 694 g/mol. The number of rotatable bonds is 11. The predicted molar refractivity (Wildman–Crippen MR) is 170 cm³/mol. The van der Waals surface area contributed by atoms with Crippen molar-refractivity contribution < 1.29 is 24.3 Å². The van der Waals surface area contributed by atoms with Gasteiger partial charge in [0.15, 0.2) is 5.13 Å². The quantitative estimate of drug-likeness (QED) is 0.144. The molecular weight excluding hydrogens is 663 g/mol. The smallest absolute Gasteiger partial charge is 0.352 e. The number of hydrazine groups is 1. The third-order valence-electron chi connectivity index (χ3n) is 6.30. The molecule has 0 bridgehead atoms. The molecule has 4 aliphatic rings. The number of allylic oxidation sites excluding steroid dienone is 2. The minimum atomic E-state index is -1.21. The molecule has 4 aliphatic heterocycles. The second kappa shape index (κ2) is 14.5. The summed E-state index contributed by atoms with van der Waals surface area (Å²) in [6.45, 7) is 1.23. The molecule has 0 aliphatic carbocycles. The fourth-order valence-electron chi connectivity index (χ4n) is 4.39. The topological polar surface area (TPSA) is 182 Å². The van der Waals surface area contributed by atoms with Crippen molar-refractivity contribution >= 4 is 88.5 Å². The highest BCUT2D eigenvalue weighted by atomic mass is 35.5. The van der Waals surface area contributed by atoms with Gasteiger partial charge in [0.1, 0.15) is 30.0 Å². The fourth-order valence-corrected chi connectivity index (χ4v) is 7.17. The number of carbonyl (C=O) groups excluding carboxylic acids is 2.